The van der Waals surface area contributed by atoms with Crippen molar-refractivity contribution < 1.29 is 19.8 Å². The Hall–Kier alpha value is -3.68. The van der Waals surface area contributed by atoms with Crippen molar-refractivity contribution in [3.8, 4) is 0 Å². The highest BCUT2D eigenvalue weighted by Crippen LogP contribution is 2.31. The Labute approximate surface area is 224 Å². The molecule has 0 aliphatic carbocycles. The van der Waals surface area contributed by atoms with E-state index in [4.69, 9.17) is 0 Å². The summed E-state index contributed by atoms with van der Waals surface area (Å²) in [5, 5.41) is 25.5. The standard InChI is InChI=1S/C31H37N3O4/c1-3-4-20-27-32-28(30(36)33(27)22(2)24-16-10-6-11-17-24)29(35)26(21-23-14-8-5-9-15-23)34(31(37)38)25-18-12-7-13-19-25/h5-19,22,26-29,32,35H,3-4,20-21H2,1-2H3,(H,37,38)/t22-,26-,27?,28-,29+/m0/s1. The molecule has 3 aromatic carbocycles. The van der Waals surface area contributed by atoms with Crippen LogP contribution in [0.2, 0.25) is 0 Å². The van der Waals surface area contributed by atoms with Crippen molar-refractivity contribution in [3.05, 3.63) is 102 Å². The SMILES string of the molecule is CCCCC1N[C@@H]([C@H](O)[C@H](Cc2ccccc2)N(C(=O)O)c2ccccc2)C(=O)N1[C@@H](C)c1ccccc1. The van der Waals surface area contributed by atoms with Crippen LogP contribution in [-0.4, -0.2) is 51.5 Å². The number of aliphatic hydroxyl groups is 1. The van der Waals surface area contributed by atoms with Crippen LogP contribution in [-0.2, 0) is 11.2 Å². The molecule has 7 nitrogen and oxygen atoms in total. The molecule has 1 aliphatic rings. The molecule has 0 spiro atoms. The molecule has 200 valence electrons. The Morgan fingerprint density at radius 2 is 1.55 bits per heavy atom. The largest absolute Gasteiger partial charge is 0.465 e. The zero-order valence-electron chi connectivity index (χ0n) is 22.0. The van der Waals surface area contributed by atoms with Gasteiger partial charge in [-0.1, -0.05) is 98.6 Å². The zero-order valence-corrected chi connectivity index (χ0v) is 22.0. The molecule has 1 heterocycles. The Kier molecular flexibility index (Phi) is 9.15. The highest BCUT2D eigenvalue weighted by molar-refractivity contribution is 5.89. The molecule has 1 unspecified atom stereocenters. The molecule has 5 atom stereocenters. The van der Waals surface area contributed by atoms with Crippen LogP contribution in [0.15, 0.2) is 91.0 Å². The molecule has 0 bridgehead atoms. The molecular weight excluding hydrogens is 478 g/mol. The number of amides is 2. The number of anilines is 1. The summed E-state index contributed by atoms with van der Waals surface area (Å²) in [6, 6.07) is 26.0. The number of nitrogens with zero attached hydrogens (tertiary/aromatic N) is 2. The predicted molar refractivity (Wildman–Crippen MR) is 149 cm³/mol. The van der Waals surface area contributed by atoms with E-state index < -0.39 is 24.3 Å². The highest BCUT2D eigenvalue weighted by atomic mass is 16.4. The number of aliphatic hydroxyl groups excluding tert-OH is 1. The van der Waals surface area contributed by atoms with Crippen molar-refractivity contribution >= 4 is 17.7 Å². The van der Waals surface area contributed by atoms with Gasteiger partial charge in [-0.3, -0.25) is 15.0 Å². The van der Waals surface area contributed by atoms with Gasteiger partial charge in [-0.05, 0) is 43.0 Å². The summed E-state index contributed by atoms with van der Waals surface area (Å²) >= 11 is 0. The van der Waals surface area contributed by atoms with E-state index in [0.717, 1.165) is 30.4 Å². The normalized spacial score (nSPS) is 19.7. The highest BCUT2D eigenvalue weighted by Gasteiger charge is 2.48. The Balaban J connectivity index is 1.69. The van der Waals surface area contributed by atoms with Gasteiger partial charge in [0.05, 0.1) is 24.4 Å². The lowest BCUT2D eigenvalue weighted by molar-refractivity contribution is -0.134. The molecule has 0 aromatic heterocycles. The maximum Gasteiger partial charge on any atom is 0.412 e. The number of nitrogens with one attached hydrogen (secondary N) is 1. The van der Waals surface area contributed by atoms with Crippen LogP contribution >= 0.6 is 0 Å². The van der Waals surface area contributed by atoms with Crippen LogP contribution in [0, 0.1) is 0 Å². The van der Waals surface area contributed by atoms with Crippen LogP contribution in [0.25, 0.3) is 0 Å². The Morgan fingerprint density at radius 1 is 0.974 bits per heavy atom. The summed E-state index contributed by atoms with van der Waals surface area (Å²) in [6.45, 7) is 4.10. The lowest BCUT2D eigenvalue weighted by Crippen LogP contribution is -2.56. The number of para-hydroxylation sites is 1. The minimum atomic E-state index is -1.28. The first-order chi connectivity index (χ1) is 18.4. The molecule has 7 heteroatoms. The number of rotatable bonds is 11. The second-order valence-corrected chi connectivity index (χ2v) is 9.87. The van der Waals surface area contributed by atoms with E-state index in [-0.39, 0.29) is 24.5 Å². The molecule has 0 radical (unpaired) electrons. The van der Waals surface area contributed by atoms with Gasteiger partial charge in [0, 0.05) is 5.69 Å². The number of hydrogen-bond acceptors (Lipinski definition) is 4. The Morgan fingerprint density at radius 3 is 2.13 bits per heavy atom. The van der Waals surface area contributed by atoms with E-state index in [9.17, 15) is 19.8 Å². The first-order valence-corrected chi connectivity index (χ1v) is 13.3. The third-order valence-electron chi connectivity index (χ3n) is 7.35. The van der Waals surface area contributed by atoms with Gasteiger partial charge in [0.1, 0.15) is 6.04 Å². The lowest BCUT2D eigenvalue weighted by Gasteiger charge is -2.35. The molecule has 4 rings (SSSR count). The molecule has 1 fully saturated rings. The van der Waals surface area contributed by atoms with E-state index in [1.807, 2.05) is 78.6 Å². The molecular formula is C31H37N3O4. The smallest absolute Gasteiger partial charge is 0.412 e. The predicted octanol–water partition coefficient (Wildman–Crippen LogP) is 5.22. The van der Waals surface area contributed by atoms with Crippen molar-refractivity contribution in [3.63, 3.8) is 0 Å². The molecule has 2 amide bonds. The van der Waals surface area contributed by atoms with Crippen LogP contribution in [0.5, 0.6) is 0 Å². The van der Waals surface area contributed by atoms with Crippen molar-refractivity contribution in [2.45, 2.75) is 69.9 Å². The van der Waals surface area contributed by atoms with Gasteiger partial charge in [0.2, 0.25) is 5.91 Å². The number of benzene rings is 3. The van der Waals surface area contributed by atoms with E-state index in [1.54, 1.807) is 24.3 Å². The van der Waals surface area contributed by atoms with E-state index in [1.165, 1.54) is 4.90 Å². The summed E-state index contributed by atoms with van der Waals surface area (Å²) in [7, 11) is 0. The van der Waals surface area contributed by atoms with E-state index >= 15 is 0 Å². The second kappa shape index (κ2) is 12.7. The summed E-state index contributed by atoms with van der Waals surface area (Å²) in [6.07, 6.45) is 0.171. The number of unbranched alkanes of at least 4 members (excludes halogenated alkanes) is 1. The van der Waals surface area contributed by atoms with E-state index in [0.29, 0.717) is 5.69 Å². The summed E-state index contributed by atoms with van der Waals surface area (Å²) in [5.74, 6) is -0.216. The van der Waals surface area contributed by atoms with Crippen molar-refractivity contribution in [1.29, 1.82) is 0 Å². The quantitative estimate of drug-likeness (QED) is 0.326. The maximum atomic E-state index is 14.0. The first-order valence-electron chi connectivity index (χ1n) is 13.3. The van der Waals surface area contributed by atoms with E-state index in [2.05, 4.69) is 12.2 Å². The molecule has 0 saturated carbocycles. The monoisotopic (exact) mass is 515 g/mol. The minimum absolute atomic E-state index is 0.201. The zero-order chi connectivity index (χ0) is 27.1. The van der Waals surface area contributed by atoms with Gasteiger partial charge in [-0.15, -0.1) is 0 Å². The fraction of sp³-hybridized carbons (Fsp3) is 0.355. The second-order valence-electron chi connectivity index (χ2n) is 9.87. The number of carbonyl (C=O) groups excluding carboxylic acids is 1. The van der Waals surface area contributed by atoms with Gasteiger partial charge in [0.25, 0.3) is 0 Å². The molecule has 1 saturated heterocycles. The lowest BCUT2D eigenvalue weighted by atomic mass is 9.94. The minimum Gasteiger partial charge on any atom is -0.465 e. The third-order valence-corrected chi connectivity index (χ3v) is 7.35. The van der Waals surface area contributed by atoms with Crippen LogP contribution in [0.4, 0.5) is 10.5 Å². The fourth-order valence-electron chi connectivity index (χ4n) is 5.37. The molecule has 3 aromatic rings. The van der Waals surface area contributed by atoms with Crippen LogP contribution in [0.1, 0.15) is 50.3 Å². The van der Waals surface area contributed by atoms with Gasteiger partial charge < -0.3 is 15.1 Å². The summed E-state index contributed by atoms with van der Waals surface area (Å²) in [5.41, 5.74) is 2.33. The number of hydrogen-bond donors (Lipinski definition) is 3. The van der Waals surface area contributed by atoms with Crippen LogP contribution in [0.3, 0.4) is 0 Å². The first kappa shape index (κ1) is 27.4. The molecule has 1 aliphatic heterocycles. The van der Waals surface area contributed by atoms with Crippen LogP contribution < -0.4 is 10.2 Å². The maximum absolute atomic E-state index is 14.0. The van der Waals surface area contributed by atoms with Crippen molar-refractivity contribution in [1.82, 2.24) is 10.2 Å². The number of carboxylic acid groups (broad SMARTS) is 1. The molecule has 3 N–H and O–H groups in total. The summed E-state index contributed by atoms with van der Waals surface area (Å²) < 4.78 is 0. The average Bonchev–Trinajstić information content (AvgIpc) is 3.27. The van der Waals surface area contributed by atoms with Crippen molar-refractivity contribution in [2.24, 2.45) is 0 Å². The topological polar surface area (TPSA) is 93.1 Å². The third kappa shape index (κ3) is 6.06. The summed E-state index contributed by atoms with van der Waals surface area (Å²) in [4.78, 5) is 29.6. The molecule has 38 heavy (non-hydrogen) atoms. The van der Waals surface area contributed by atoms with Crippen molar-refractivity contribution in [2.75, 3.05) is 4.90 Å². The Bertz CT molecular complexity index is 1180. The number of carbonyl (C=O) groups is 2. The van der Waals surface area contributed by atoms with Gasteiger partial charge in [-0.25, -0.2) is 4.79 Å². The van der Waals surface area contributed by atoms with Gasteiger partial charge >= 0.3 is 6.09 Å². The van der Waals surface area contributed by atoms with Gasteiger partial charge in [-0.2, -0.15) is 0 Å². The van der Waals surface area contributed by atoms with Gasteiger partial charge in [0.15, 0.2) is 0 Å². The average molecular weight is 516 g/mol. The fourth-order valence-corrected chi connectivity index (χ4v) is 5.37.